The minimum absolute atomic E-state index is 0.0633. The molecule has 1 aliphatic rings. The van der Waals surface area contributed by atoms with Crippen molar-refractivity contribution in [3.05, 3.63) is 0 Å². The molecule has 0 saturated carbocycles. The van der Waals surface area contributed by atoms with E-state index in [0.29, 0.717) is 12.4 Å². The molecule has 0 aromatic rings. The molecule has 1 unspecified atom stereocenters. The van der Waals surface area contributed by atoms with Crippen molar-refractivity contribution in [1.29, 1.82) is 0 Å². The summed E-state index contributed by atoms with van der Waals surface area (Å²) in [5, 5.41) is 19.3. The van der Waals surface area contributed by atoms with Gasteiger partial charge in [0.15, 0.2) is 0 Å². The van der Waals surface area contributed by atoms with Crippen molar-refractivity contribution in [2.75, 3.05) is 6.54 Å². The fraction of sp³-hybridized carbons (Fsp3) is 0.882. The Labute approximate surface area is 134 Å². The average molecular weight is 312 g/mol. The van der Waals surface area contributed by atoms with Gasteiger partial charge in [-0.15, -0.1) is 0 Å². The summed E-state index contributed by atoms with van der Waals surface area (Å²) < 4.78 is 0. The molecule has 2 N–H and O–H groups in total. The van der Waals surface area contributed by atoms with Gasteiger partial charge in [0.1, 0.15) is 12.3 Å². The Morgan fingerprint density at radius 3 is 2.18 bits per heavy atom. The summed E-state index contributed by atoms with van der Waals surface area (Å²) in [6, 6.07) is 0.0633. The maximum Gasteiger partial charge on any atom is 0.311 e. The first-order valence-electron chi connectivity index (χ1n) is 8.88. The lowest BCUT2D eigenvalue weighted by Crippen LogP contribution is -2.27. The van der Waals surface area contributed by atoms with Crippen molar-refractivity contribution in [2.45, 2.75) is 90.0 Å². The van der Waals surface area contributed by atoms with Gasteiger partial charge < -0.3 is 5.11 Å². The molecule has 1 atom stereocenters. The van der Waals surface area contributed by atoms with Gasteiger partial charge in [0.05, 0.1) is 12.6 Å². The molecule has 0 saturated heterocycles. The monoisotopic (exact) mass is 312 g/mol. The van der Waals surface area contributed by atoms with Crippen LogP contribution in [0.1, 0.15) is 84.0 Å². The summed E-state index contributed by atoms with van der Waals surface area (Å²) >= 11 is 0. The lowest BCUT2D eigenvalue weighted by atomic mass is 10.0. The van der Waals surface area contributed by atoms with Crippen molar-refractivity contribution in [1.82, 2.24) is 5.06 Å². The number of amidine groups is 1. The molecule has 0 bridgehead atoms. The number of nitrogens with zero attached hydrogens (tertiary/aromatic N) is 2. The van der Waals surface area contributed by atoms with Crippen LogP contribution in [0.2, 0.25) is 0 Å². The van der Waals surface area contributed by atoms with Gasteiger partial charge >= 0.3 is 5.97 Å². The van der Waals surface area contributed by atoms with E-state index in [-0.39, 0.29) is 12.5 Å². The molecular weight excluding hydrogens is 280 g/mol. The van der Waals surface area contributed by atoms with Crippen molar-refractivity contribution in [2.24, 2.45) is 4.99 Å². The van der Waals surface area contributed by atoms with Gasteiger partial charge in [-0.25, -0.2) is 5.06 Å². The zero-order chi connectivity index (χ0) is 16.2. The van der Waals surface area contributed by atoms with E-state index in [2.05, 4.69) is 11.9 Å². The first-order valence-corrected chi connectivity index (χ1v) is 8.88. The minimum Gasteiger partial charge on any atom is -0.481 e. The molecule has 0 aromatic heterocycles. The predicted molar refractivity (Wildman–Crippen MR) is 88.4 cm³/mol. The van der Waals surface area contributed by atoms with Crippen LogP contribution in [0.3, 0.4) is 0 Å². The number of rotatable bonds is 13. The minimum atomic E-state index is -0.947. The average Bonchev–Trinajstić information content (AvgIpc) is 2.80. The number of aliphatic carboxylic acids is 1. The largest absolute Gasteiger partial charge is 0.481 e. The van der Waals surface area contributed by atoms with Crippen LogP contribution in [0.25, 0.3) is 0 Å². The summed E-state index contributed by atoms with van der Waals surface area (Å²) in [7, 11) is 0. The van der Waals surface area contributed by atoms with Crippen LogP contribution in [0.15, 0.2) is 4.99 Å². The SMILES string of the molecule is CCCCCCCCCCCCC1CN(O)C(CC(=O)O)=N1. The summed E-state index contributed by atoms with van der Waals surface area (Å²) in [4.78, 5) is 14.9. The second-order valence-corrected chi connectivity index (χ2v) is 6.32. The second kappa shape index (κ2) is 11.5. The molecular formula is C17H32N2O3. The van der Waals surface area contributed by atoms with Crippen LogP contribution >= 0.6 is 0 Å². The van der Waals surface area contributed by atoms with E-state index in [4.69, 9.17) is 5.11 Å². The summed E-state index contributed by atoms with van der Waals surface area (Å²) in [6.07, 6.45) is 13.8. The van der Waals surface area contributed by atoms with E-state index in [1.54, 1.807) is 0 Å². The topological polar surface area (TPSA) is 73.1 Å². The molecule has 1 rings (SSSR count). The highest BCUT2D eigenvalue weighted by atomic mass is 16.5. The Hall–Kier alpha value is -1.10. The molecule has 0 aromatic carbocycles. The number of carboxylic acids is 1. The highest BCUT2D eigenvalue weighted by molar-refractivity contribution is 5.97. The molecule has 0 radical (unpaired) electrons. The molecule has 1 aliphatic heterocycles. The molecule has 0 amide bonds. The molecule has 128 valence electrons. The normalized spacial score (nSPS) is 17.8. The molecule has 0 fully saturated rings. The Bertz CT molecular complexity index is 345. The first-order chi connectivity index (χ1) is 10.6. The van der Waals surface area contributed by atoms with Gasteiger partial charge in [-0.3, -0.25) is 15.0 Å². The first kappa shape index (κ1) is 18.9. The van der Waals surface area contributed by atoms with Crippen LogP contribution < -0.4 is 0 Å². The third kappa shape index (κ3) is 8.37. The van der Waals surface area contributed by atoms with E-state index in [1.807, 2.05) is 0 Å². The number of aliphatic imine (C=N–C) groups is 1. The van der Waals surface area contributed by atoms with E-state index in [0.717, 1.165) is 17.9 Å². The Balaban J connectivity index is 1.97. The second-order valence-electron chi connectivity index (χ2n) is 6.32. The van der Waals surface area contributed by atoms with Crippen LogP contribution in [-0.4, -0.2) is 39.8 Å². The van der Waals surface area contributed by atoms with Gasteiger partial charge in [0.25, 0.3) is 0 Å². The highest BCUT2D eigenvalue weighted by Gasteiger charge is 2.24. The molecule has 22 heavy (non-hydrogen) atoms. The van der Waals surface area contributed by atoms with Crippen LogP contribution in [0, 0.1) is 0 Å². The van der Waals surface area contributed by atoms with E-state index >= 15 is 0 Å². The zero-order valence-electron chi connectivity index (χ0n) is 14.0. The number of carboxylic acid groups (broad SMARTS) is 1. The van der Waals surface area contributed by atoms with Crippen molar-refractivity contribution < 1.29 is 15.1 Å². The Kier molecular flexibility index (Phi) is 9.87. The molecule has 5 nitrogen and oxygen atoms in total. The van der Waals surface area contributed by atoms with Gasteiger partial charge in [0.2, 0.25) is 0 Å². The number of unbranched alkanes of at least 4 members (excludes halogenated alkanes) is 9. The molecule has 1 heterocycles. The standard InChI is InChI=1S/C17H32N2O3/c1-2-3-4-5-6-7-8-9-10-11-12-15-14-19(22)16(18-15)13-17(20)21/h15,22H,2-14H2,1H3,(H,20,21). The molecule has 0 spiro atoms. The van der Waals surface area contributed by atoms with Gasteiger partial charge in [0, 0.05) is 0 Å². The maximum absolute atomic E-state index is 10.6. The Morgan fingerprint density at radius 1 is 1.09 bits per heavy atom. The van der Waals surface area contributed by atoms with Gasteiger partial charge in [-0.1, -0.05) is 71.1 Å². The number of hydroxylamine groups is 2. The van der Waals surface area contributed by atoms with E-state index < -0.39 is 5.97 Å². The fourth-order valence-corrected chi connectivity index (χ4v) is 2.92. The lowest BCUT2D eigenvalue weighted by Gasteiger charge is -2.10. The zero-order valence-corrected chi connectivity index (χ0v) is 14.0. The summed E-state index contributed by atoms with van der Waals surface area (Å²) in [5.74, 6) is -0.651. The third-order valence-corrected chi connectivity index (χ3v) is 4.21. The fourth-order valence-electron chi connectivity index (χ4n) is 2.92. The van der Waals surface area contributed by atoms with Gasteiger partial charge in [-0.05, 0) is 6.42 Å². The third-order valence-electron chi connectivity index (χ3n) is 4.21. The van der Waals surface area contributed by atoms with E-state index in [9.17, 15) is 10.0 Å². The number of carbonyl (C=O) groups is 1. The van der Waals surface area contributed by atoms with Crippen molar-refractivity contribution in [3.63, 3.8) is 0 Å². The Morgan fingerprint density at radius 2 is 1.64 bits per heavy atom. The summed E-state index contributed by atoms with van der Waals surface area (Å²) in [5.41, 5.74) is 0. The van der Waals surface area contributed by atoms with Crippen molar-refractivity contribution in [3.8, 4) is 0 Å². The van der Waals surface area contributed by atoms with Crippen LogP contribution in [0.4, 0.5) is 0 Å². The highest BCUT2D eigenvalue weighted by Crippen LogP contribution is 2.17. The smallest absolute Gasteiger partial charge is 0.311 e. The number of hydrogen-bond donors (Lipinski definition) is 2. The van der Waals surface area contributed by atoms with Crippen LogP contribution in [0.5, 0.6) is 0 Å². The van der Waals surface area contributed by atoms with Crippen molar-refractivity contribution >= 4 is 11.8 Å². The lowest BCUT2D eigenvalue weighted by molar-refractivity contribution is -0.136. The molecule has 5 heteroatoms. The van der Waals surface area contributed by atoms with E-state index in [1.165, 1.54) is 57.8 Å². The number of hydrogen-bond acceptors (Lipinski definition) is 4. The maximum atomic E-state index is 10.6. The summed E-state index contributed by atoms with van der Waals surface area (Å²) in [6.45, 7) is 2.69. The van der Waals surface area contributed by atoms with Crippen LogP contribution in [-0.2, 0) is 4.79 Å². The molecule has 0 aliphatic carbocycles. The predicted octanol–water partition coefficient (Wildman–Crippen LogP) is 4.24. The van der Waals surface area contributed by atoms with Gasteiger partial charge in [-0.2, -0.15) is 0 Å². The quantitative estimate of drug-likeness (QED) is 0.499.